The van der Waals surface area contributed by atoms with Gasteiger partial charge in [0.05, 0.1) is 18.3 Å². The summed E-state index contributed by atoms with van der Waals surface area (Å²) in [7, 11) is 5.08. The van der Waals surface area contributed by atoms with Crippen LogP contribution in [0, 0.1) is 46.3 Å². The first-order valence-electron chi connectivity index (χ1n) is 14.7. The molecule has 4 saturated carbocycles. The minimum atomic E-state index is -0.711. The van der Waals surface area contributed by atoms with Crippen molar-refractivity contribution in [3.05, 3.63) is 0 Å². The zero-order chi connectivity index (χ0) is 27.5. The molecular weight excluding hydrogens is 488 g/mol. The second kappa shape index (κ2) is 12.8. The zero-order valence-corrected chi connectivity index (χ0v) is 24.5. The van der Waals surface area contributed by atoms with Gasteiger partial charge in [0.2, 0.25) is 0 Å². The van der Waals surface area contributed by atoms with Gasteiger partial charge in [0.25, 0.3) is 0 Å². The van der Waals surface area contributed by atoms with Crippen molar-refractivity contribution in [1.29, 1.82) is 0 Å². The highest BCUT2D eigenvalue weighted by molar-refractivity contribution is 5.66. The molecule has 0 aliphatic heterocycles. The van der Waals surface area contributed by atoms with Gasteiger partial charge in [-0.25, -0.2) is 0 Å². The molecule has 0 unspecified atom stereocenters. The van der Waals surface area contributed by atoms with Crippen molar-refractivity contribution in [2.75, 3.05) is 41.7 Å². The smallest absolute Gasteiger partial charge is 0.303 e. The maximum atomic E-state index is 11.4. The molecule has 8 heteroatoms. The Hall–Kier alpha value is -0.770. The van der Waals surface area contributed by atoms with Crippen LogP contribution in [-0.2, 0) is 33.2 Å². The van der Waals surface area contributed by atoms with Gasteiger partial charge in [-0.1, -0.05) is 20.8 Å². The van der Waals surface area contributed by atoms with Crippen LogP contribution in [0.1, 0.15) is 78.6 Å². The summed E-state index contributed by atoms with van der Waals surface area (Å²) in [6, 6.07) is 0. The number of carbonyl (C=O) groups is 1. The lowest BCUT2D eigenvalue weighted by Gasteiger charge is -2.64. The number of aliphatic carboxylic acids is 1. The number of rotatable bonds is 13. The molecule has 4 rings (SSSR count). The number of ether oxygens (including phenoxy) is 6. The van der Waals surface area contributed by atoms with E-state index in [0.717, 1.165) is 44.9 Å². The first kappa shape index (κ1) is 30.2. The second-order valence-corrected chi connectivity index (χ2v) is 13.1. The molecule has 11 atom stereocenters. The van der Waals surface area contributed by atoms with Gasteiger partial charge in [0.15, 0.2) is 0 Å². The van der Waals surface area contributed by atoms with E-state index < -0.39 is 5.97 Å². The summed E-state index contributed by atoms with van der Waals surface area (Å²) in [4.78, 5) is 11.4. The fourth-order valence-electron chi connectivity index (χ4n) is 9.66. The Morgan fingerprint density at radius 1 is 0.895 bits per heavy atom. The van der Waals surface area contributed by atoms with Gasteiger partial charge in [-0.3, -0.25) is 4.79 Å². The molecule has 0 aromatic carbocycles. The lowest BCUT2D eigenvalue weighted by molar-refractivity contribution is -0.249. The van der Waals surface area contributed by atoms with Crippen LogP contribution < -0.4 is 0 Å². The van der Waals surface area contributed by atoms with Gasteiger partial charge in [0.1, 0.15) is 20.4 Å². The van der Waals surface area contributed by atoms with Crippen LogP contribution in [0.2, 0.25) is 0 Å². The SMILES string of the molecule is COCO[C@@H]1CC[C@@]2(C)[C@@H](C1)C[C@@H](OCOC)[C@@H]1[C@@H]2C[C@H](OCOC)[C@]2(C)[C@@H]([C@H](C)CCC(=O)O)CC[C@@H]12. The van der Waals surface area contributed by atoms with Crippen LogP contribution in [0.15, 0.2) is 0 Å². The molecule has 4 aliphatic rings. The molecule has 0 bridgehead atoms. The molecule has 0 aromatic rings. The molecule has 4 aliphatic carbocycles. The fourth-order valence-corrected chi connectivity index (χ4v) is 9.66. The van der Waals surface area contributed by atoms with Crippen molar-refractivity contribution >= 4 is 5.97 Å². The summed E-state index contributed by atoms with van der Waals surface area (Å²) < 4.78 is 35.2. The number of carboxylic acid groups (broad SMARTS) is 1. The van der Waals surface area contributed by atoms with Gasteiger partial charge < -0.3 is 33.5 Å². The Morgan fingerprint density at radius 3 is 2.26 bits per heavy atom. The third-order valence-corrected chi connectivity index (χ3v) is 11.5. The number of fused-ring (bicyclic) bond motifs is 5. The van der Waals surface area contributed by atoms with Crippen molar-refractivity contribution in [3.63, 3.8) is 0 Å². The van der Waals surface area contributed by atoms with Gasteiger partial charge in [0, 0.05) is 33.2 Å². The quantitative estimate of drug-likeness (QED) is 0.313. The van der Waals surface area contributed by atoms with Crippen LogP contribution in [0.4, 0.5) is 0 Å². The Labute approximate surface area is 229 Å². The number of carboxylic acids is 1. The van der Waals surface area contributed by atoms with E-state index in [1.165, 1.54) is 0 Å². The van der Waals surface area contributed by atoms with Crippen molar-refractivity contribution in [1.82, 2.24) is 0 Å². The topological polar surface area (TPSA) is 92.7 Å². The Morgan fingerprint density at radius 2 is 1.58 bits per heavy atom. The summed E-state index contributed by atoms with van der Waals surface area (Å²) in [6.45, 7) is 8.15. The molecule has 220 valence electrons. The van der Waals surface area contributed by atoms with Crippen LogP contribution in [0.5, 0.6) is 0 Å². The molecule has 0 radical (unpaired) electrons. The molecule has 0 spiro atoms. The van der Waals surface area contributed by atoms with E-state index in [1.54, 1.807) is 21.3 Å². The molecule has 8 nitrogen and oxygen atoms in total. The first-order valence-corrected chi connectivity index (χ1v) is 14.7. The molecular formula is C30H52O8. The summed E-state index contributed by atoms with van der Waals surface area (Å²) in [6.07, 6.45) is 8.89. The van der Waals surface area contributed by atoms with E-state index in [2.05, 4.69) is 20.8 Å². The van der Waals surface area contributed by atoms with Gasteiger partial charge in [-0.05, 0) is 92.3 Å². The number of hydrogen-bond donors (Lipinski definition) is 1. The van der Waals surface area contributed by atoms with Crippen molar-refractivity contribution in [3.8, 4) is 0 Å². The molecule has 38 heavy (non-hydrogen) atoms. The van der Waals surface area contributed by atoms with E-state index in [4.69, 9.17) is 28.4 Å². The first-order chi connectivity index (χ1) is 18.2. The summed E-state index contributed by atoms with van der Waals surface area (Å²) >= 11 is 0. The van der Waals surface area contributed by atoms with E-state index in [1.807, 2.05) is 0 Å². The molecule has 0 aromatic heterocycles. The normalized spacial score (nSPS) is 43.2. The summed E-state index contributed by atoms with van der Waals surface area (Å²) in [5.41, 5.74) is 0.155. The molecule has 4 fully saturated rings. The van der Waals surface area contributed by atoms with Crippen molar-refractivity contribution in [2.45, 2.75) is 96.9 Å². The second-order valence-electron chi connectivity index (χ2n) is 13.1. The zero-order valence-electron chi connectivity index (χ0n) is 24.5. The maximum absolute atomic E-state index is 11.4. The van der Waals surface area contributed by atoms with Crippen LogP contribution in [-0.4, -0.2) is 71.1 Å². The monoisotopic (exact) mass is 540 g/mol. The van der Waals surface area contributed by atoms with Crippen LogP contribution >= 0.6 is 0 Å². The predicted octanol–water partition coefficient (Wildman–Crippen LogP) is 5.33. The highest BCUT2D eigenvalue weighted by Gasteiger charge is 2.66. The average molecular weight is 541 g/mol. The molecule has 0 saturated heterocycles. The van der Waals surface area contributed by atoms with Gasteiger partial charge in [-0.15, -0.1) is 0 Å². The average Bonchev–Trinajstić information content (AvgIpc) is 3.26. The molecule has 0 amide bonds. The third kappa shape index (κ3) is 5.68. The van der Waals surface area contributed by atoms with Crippen LogP contribution in [0.25, 0.3) is 0 Å². The van der Waals surface area contributed by atoms with E-state index in [0.29, 0.717) is 55.5 Å². The third-order valence-electron chi connectivity index (χ3n) is 11.5. The number of methoxy groups -OCH3 is 3. The molecule has 0 heterocycles. The Bertz CT molecular complexity index is 777. The highest BCUT2D eigenvalue weighted by atomic mass is 16.7. The van der Waals surface area contributed by atoms with E-state index >= 15 is 0 Å². The summed E-state index contributed by atoms with van der Waals surface area (Å²) in [5.74, 6) is 1.93. The largest absolute Gasteiger partial charge is 0.481 e. The van der Waals surface area contributed by atoms with Crippen molar-refractivity contribution in [2.24, 2.45) is 46.3 Å². The van der Waals surface area contributed by atoms with E-state index in [-0.39, 0.29) is 42.4 Å². The molecule has 1 N–H and O–H groups in total. The predicted molar refractivity (Wildman–Crippen MR) is 142 cm³/mol. The summed E-state index contributed by atoms with van der Waals surface area (Å²) in [5, 5.41) is 9.36. The Kier molecular flexibility index (Phi) is 10.2. The maximum Gasteiger partial charge on any atom is 0.303 e. The fraction of sp³-hybridized carbons (Fsp3) is 0.967. The lowest BCUT2D eigenvalue weighted by Crippen LogP contribution is -2.63. The van der Waals surface area contributed by atoms with Gasteiger partial charge >= 0.3 is 5.97 Å². The van der Waals surface area contributed by atoms with E-state index in [9.17, 15) is 9.90 Å². The van der Waals surface area contributed by atoms with Crippen LogP contribution in [0.3, 0.4) is 0 Å². The Balaban J connectivity index is 1.66. The minimum absolute atomic E-state index is 0.0473. The van der Waals surface area contributed by atoms with Gasteiger partial charge in [-0.2, -0.15) is 0 Å². The highest BCUT2D eigenvalue weighted by Crippen LogP contribution is 2.69. The standard InChI is InChI=1S/C30H52O8/c1-19(7-10-27(31)32)22-8-9-23-28-24(15-26(30(22,23)3)38-18-35-6)29(2)12-11-21(36-16-33-4)13-20(29)14-25(28)37-17-34-5/h19-26,28H,7-18H2,1-6H3,(H,31,32)/t19-,20+,21-,22-,23+,24+,25-,26+,28+,29+,30-/m1/s1. The lowest BCUT2D eigenvalue weighted by atomic mass is 9.43. The number of hydrogen-bond acceptors (Lipinski definition) is 7. The van der Waals surface area contributed by atoms with Crippen molar-refractivity contribution < 1.29 is 38.3 Å². The minimum Gasteiger partial charge on any atom is -0.481 e.